The molecule has 1 atom stereocenters. The van der Waals surface area contributed by atoms with E-state index in [2.05, 4.69) is 10.2 Å². The van der Waals surface area contributed by atoms with Crippen molar-refractivity contribution in [3.63, 3.8) is 0 Å². The minimum absolute atomic E-state index is 0.0690. The van der Waals surface area contributed by atoms with Gasteiger partial charge >= 0.3 is 5.97 Å². The van der Waals surface area contributed by atoms with Gasteiger partial charge in [0, 0.05) is 6.92 Å². The number of hydrazine groups is 1. The molecule has 1 spiro atoms. The van der Waals surface area contributed by atoms with Gasteiger partial charge in [-0.2, -0.15) is 0 Å². The first-order chi connectivity index (χ1) is 12.3. The lowest BCUT2D eigenvalue weighted by Crippen LogP contribution is -2.56. The minimum Gasteiger partial charge on any atom is -0.497 e. The Bertz CT molecular complexity index is 831. The Morgan fingerprint density at radius 2 is 1.81 bits per heavy atom. The predicted octanol–water partition coefficient (Wildman–Crippen LogP) is 0.121. The summed E-state index contributed by atoms with van der Waals surface area (Å²) < 4.78 is 9.70. The molecule has 9 heteroatoms. The van der Waals surface area contributed by atoms with E-state index in [9.17, 15) is 19.2 Å². The molecule has 1 aromatic carbocycles. The van der Waals surface area contributed by atoms with Crippen LogP contribution in [-0.4, -0.2) is 48.5 Å². The van der Waals surface area contributed by atoms with Crippen molar-refractivity contribution in [3.05, 3.63) is 36.0 Å². The molecule has 26 heavy (non-hydrogen) atoms. The van der Waals surface area contributed by atoms with Crippen LogP contribution in [0.5, 0.6) is 5.75 Å². The number of esters is 1. The number of hydrogen-bond acceptors (Lipinski definition) is 7. The Morgan fingerprint density at radius 3 is 2.35 bits per heavy atom. The second kappa shape index (κ2) is 6.17. The van der Waals surface area contributed by atoms with Gasteiger partial charge in [0.05, 0.1) is 26.3 Å². The largest absolute Gasteiger partial charge is 0.497 e. The van der Waals surface area contributed by atoms with Crippen molar-refractivity contribution >= 4 is 29.4 Å². The predicted molar refractivity (Wildman–Crippen MR) is 88.6 cm³/mol. The number of carbonyl (C=O) groups is 4. The van der Waals surface area contributed by atoms with Gasteiger partial charge in [-0.05, 0) is 30.3 Å². The molecule has 136 valence electrons. The molecule has 2 heterocycles. The van der Waals surface area contributed by atoms with Gasteiger partial charge in [-0.3, -0.25) is 19.8 Å². The SMILES string of the molecule is COC(=O)C1=C[C@@]2(CC(=O)N(c3ccc(OC)cc3)C2=O)N(C(C)=O)N1. The summed E-state index contributed by atoms with van der Waals surface area (Å²) in [6.07, 6.45) is 0.981. The second-order valence-corrected chi connectivity index (χ2v) is 5.85. The van der Waals surface area contributed by atoms with Crippen LogP contribution in [0, 0.1) is 0 Å². The van der Waals surface area contributed by atoms with Gasteiger partial charge in [-0.15, -0.1) is 0 Å². The van der Waals surface area contributed by atoms with E-state index < -0.39 is 29.2 Å². The number of anilines is 1. The molecule has 0 saturated carbocycles. The smallest absolute Gasteiger partial charge is 0.355 e. The lowest BCUT2D eigenvalue weighted by molar-refractivity contribution is -0.143. The van der Waals surface area contributed by atoms with Gasteiger partial charge in [-0.25, -0.2) is 14.7 Å². The highest BCUT2D eigenvalue weighted by atomic mass is 16.5. The summed E-state index contributed by atoms with van der Waals surface area (Å²) in [5, 5.41) is 0.989. The van der Waals surface area contributed by atoms with E-state index >= 15 is 0 Å². The summed E-state index contributed by atoms with van der Waals surface area (Å²) >= 11 is 0. The summed E-state index contributed by atoms with van der Waals surface area (Å²) in [5.74, 6) is -1.80. The van der Waals surface area contributed by atoms with E-state index in [1.165, 1.54) is 27.2 Å². The summed E-state index contributed by atoms with van der Waals surface area (Å²) in [7, 11) is 2.68. The Labute approximate surface area is 149 Å². The van der Waals surface area contributed by atoms with E-state index in [4.69, 9.17) is 4.74 Å². The van der Waals surface area contributed by atoms with Crippen LogP contribution in [0.25, 0.3) is 0 Å². The zero-order valence-electron chi connectivity index (χ0n) is 14.4. The molecule has 3 rings (SSSR count). The summed E-state index contributed by atoms with van der Waals surface area (Å²) in [6, 6.07) is 6.37. The molecule has 0 aliphatic carbocycles. The van der Waals surface area contributed by atoms with Gasteiger partial charge in [0.2, 0.25) is 11.8 Å². The van der Waals surface area contributed by atoms with Crippen LogP contribution in [0.3, 0.4) is 0 Å². The molecule has 0 unspecified atom stereocenters. The first kappa shape index (κ1) is 17.5. The van der Waals surface area contributed by atoms with Crippen molar-refractivity contribution in [2.75, 3.05) is 19.1 Å². The summed E-state index contributed by atoms with van der Waals surface area (Å²) in [5.41, 5.74) is 1.24. The monoisotopic (exact) mass is 359 g/mol. The molecule has 0 radical (unpaired) electrons. The highest BCUT2D eigenvalue weighted by Gasteiger charge is 2.59. The lowest BCUT2D eigenvalue weighted by atomic mass is 9.96. The first-order valence-electron chi connectivity index (χ1n) is 7.74. The van der Waals surface area contributed by atoms with Crippen molar-refractivity contribution in [3.8, 4) is 5.75 Å². The lowest BCUT2D eigenvalue weighted by Gasteiger charge is -2.30. The van der Waals surface area contributed by atoms with E-state index in [-0.39, 0.29) is 12.1 Å². The molecular formula is C17H17N3O6. The Kier molecular flexibility index (Phi) is 4.15. The van der Waals surface area contributed by atoms with Crippen molar-refractivity contribution < 1.29 is 28.7 Å². The van der Waals surface area contributed by atoms with E-state index in [1.807, 2.05) is 0 Å². The number of methoxy groups -OCH3 is 2. The number of amides is 3. The van der Waals surface area contributed by atoms with E-state index in [0.29, 0.717) is 11.4 Å². The molecule has 1 saturated heterocycles. The highest BCUT2D eigenvalue weighted by molar-refractivity contribution is 6.26. The number of hydrogen-bond donors (Lipinski definition) is 1. The molecule has 2 aliphatic rings. The Morgan fingerprint density at radius 1 is 1.15 bits per heavy atom. The molecular weight excluding hydrogens is 342 g/mol. The number of carbonyl (C=O) groups excluding carboxylic acids is 4. The number of benzene rings is 1. The minimum atomic E-state index is -1.60. The molecule has 3 amide bonds. The van der Waals surface area contributed by atoms with Crippen molar-refractivity contribution in [2.45, 2.75) is 18.9 Å². The normalized spacial score (nSPS) is 21.7. The van der Waals surface area contributed by atoms with Crippen LogP contribution in [0.4, 0.5) is 5.69 Å². The number of rotatable bonds is 3. The molecule has 1 fully saturated rings. The van der Waals surface area contributed by atoms with E-state index in [0.717, 1.165) is 9.91 Å². The third kappa shape index (κ3) is 2.48. The van der Waals surface area contributed by atoms with E-state index in [1.54, 1.807) is 24.3 Å². The van der Waals surface area contributed by atoms with Crippen LogP contribution in [0.2, 0.25) is 0 Å². The van der Waals surface area contributed by atoms with Gasteiger partial charge < -0.3 is 9.47 Å². The van der Waals surface area contributed by atoms with Crippen LogP contribution in [0.1, 0.15) is 13.3 Å². The van der Waals surface area contributed by atoms with Crippen LogP contribution < -0.4 is 15.1 Å². The van der Waals surface area contributed by atoms with Crippen LogP contribution >= 0.6 is 0 Å². The van der Waals surface area contributed by atoms with Gasteiger partial charge in [0.25, 0.3) is 5.91 Å². The third-order valence-electron chi connectivity index (χ3n) is 4.31. The number of nitrogens with zero attached hydrogens (tertiary/aromatic N) is 2. The Balaban J connectivity index is 2.03. The van der Waals surface area contributed by atoms with Crippen LogP contribution in [0.15, 0.2) is 36.0 Å². The van der Waals surface area contributed by atoms with Gasteiger partial charge in [0.15, 0.2) is 5.54 Å². The average Bonchev–Trinajstić information content (AvgIpc) is 3.13. The summed E-state index contributed by atoms with van der Waals surface area (Å²) in [4.78, 5) is 50.5. The summed E-state index contributed by atoms with van der Waals surface area (Å²) in [6.45, 7) is 1.23. The van der Waals surface area contributed by atoms with Crippen molar-refractivity contribution in [2.24, 2.45) is 0 Å². The topological polar surface area (TPSA) is 105 Å². The maximum Gasteiger partial charge on any atom is 0.355 e. The second-order valence-electron chi connectivity index (χ2n) is 5.85. The fourth-order valence-electron chi connectivity index (χ4n) is 3.10. The molecule has 0 aromatic heterocycles. The van der Waals surface area contributed by atoms with Gasteiger partial charge in [-0.1, -0.05) is 0 Å². The fraction of sp³-hybridized carbons (Fsp3) is 0.294. The van der Waals surface area contributed by atoms with Gasteiger partial charge in [0.1, 0.15) is 11.4 Å². The number of ether oxygens (including phenoxy) is 2. The maximum atomic E-state index is 13.1. The molecule has 9 nitrogen and oxygen atoms in total. The van der Waals surface area contributed by atoms with Crippen molar-refractivity contribution in [1.29, 1.82) is 0 Å². The number of imide groups is 1. The fourth-order valence-corrected chi connectivity index (χ4v) is 3.10. The number of nitrogens with one attached hydrogen (secondary N) is 1. The van der Waals surface area contributed by atoms with Crippen molar-refractivity contribution in [1.82, 2.24) is 10.4 Å². The zero-order chi connectivity index (χ0) is 19.1. The average molecular weight is 359 g/mol. The maximum absolute atomic E-state index is 13.1. The third-order valence-corrected chi connectivity index (χ3v) is 4.31. The highest BCUT2D eigenvalue weighted by Crippen LogP contribution is 2.38. The Hall–Kier alpha value is -3.36. The standard InChI is InChI=1S/C17H17N3O6/c1-10(21)20-17(8-13(18-20)15(23)26-3)9-14(22)19(16(17)24)11-4-6-12(25-2)7-5-11/h4-8,18H,9H2,1-3H3/t17-/m0/s1. The molecule has 2 aliphatic heterocycles. The molecule has 1 aromatic rings. The quantitative estimate of drug-likeness (QED) is 0.604. The molecule has 1 N–H and O–H groups in total. The first-order valence-corrected chi connectivity index (χ1v) is 7.74. The zero-order valence-corrected chi connectivity index (χ0v) is 14.4. The van der Waals surface area contributed by atoms with Crippen LogP contribution in [-0.2, 0) is 23.9 Å². The molecule has 0 bridgehead atoms.